The number of hydrogen-bond donors (Lipinski definition) is 1. The van der Waals surface area contributed by atoms with E-state index in [1.807, 2.05) is 0 Å². The second-order valence-corrected chi connectivity index (χ2v) is 4.94. The van der Waals surface area contributed by atoms with Crippen molar-refractivity contribution in [2.24, 2.45) is 0 Å². The summed E-state index contributed by atoms with van der Waals surface area (Å²) in [7, 11) is 1.42. The summed E-state index contributed by atoms with van der Waals surface area (Å²) in [4.78, 5) is 25.4. The van der Waals surface area contributed by atoms with E-state index in [0.29, 0.717) is 5.76 Å². The van der Waals surface area contributed by atoms with Gasteiger partial charge in [0, 0.05) is 7.05 Å². The third-order valence-corrected chi connectivity index (χ3v) is 3.21. The summed E-state index contributed by atoms with van der Waals surface area (Å²) in [6.07, 6.45) is 1.48. The molecule has 0 unspecified atom stereocenters. The van der Waals surface area contributed by atoms with Gasteiger partial charge in [-0.15, -0.1) is 10.2 Å². The number of tetrazole rings is 1. The van der Waals surface area contributed by atoms with Crippen LogP contribution in [0.5, 0.6) is 0 Å². The fraction of sp³-hybridized carbons (Fsp3) is 0.417. The molecule has 1 N–H and O–H groups in total. The van der Waals surface area contributed by atoms with E-state index < -0.39 is 17.4 Å². The molecule has 0 saturated carbocycles. The predicted octanol–water partition coefficient (Wildman–Crippen LogP) is 0.255. The van der Waals surface area contributed by atoms with E-state index in [0.717, 1.165) is 9.70 Å². The van der Waals surface area contributed by atoms with Gasteiger partial charge >= 0.3 is 5.97 Å². The molecule has 0 bridgehead atoms. The first-order valence-electron chi connectivity index (χ1n) is 6.14. The minimum Gasteiger partial charge on any atom is -0.480 e. The zero-order chi connectivity index (χ0) is 15.6. The molecule has 0 aromatic carbocycles. The lowest BCUT2D eigenvalue weighted by Gasteiger charge is -2.31. The van der Waals surface area contributed by atoms with Crippen LogP contribution in [0.4, 0.5) is 0 Å². The Morgan fingerprint density at radius 2 is 2.19 bits per heavy atom. The molecule has 2 aromatic heterocycles. The molecule has 21 heavy (non-hydrogen) atoms. The first-order chi connectivity index (χ1) is 9.82. The molecule has 0 aliphatic heterocycles. The smallest absolute Gasteiger partial charge is 0.329 e. The molecule has 0 saturated heterocycles. The van der Waals surface area contributed by atoms with E-state index in [4.69, 9.17) is 9.52 Å². The second kappa shape index (κ2) is 5.35. The zero-order valence-corrected chi connectivity index (χ0v) is 11.8. The molecule has 0 radical (unpaired) electrons. The summed E-state index contributed by atoms with van der Waals surface area (Å²) in [6.45, 7) is 2.67. The standard InChI is InChI=1S/C12H15N5O4/c1-12(2,11(19)20)16(3)9(18)7-17-14-10(13-15-17)8-5-4-6-21-8/h4-6H,7H2,1-3H3,(H,19,20). The van der Waals surface area contributed by atoms with E-state index in [1.165, 1.54) is 27.2 Å². The molecular formula is C12H15N5O4. The number of aliphatic carboxylic acids is 1. The van der Waals surface area contributed by atoms with Gasteiger partial charge in [0.1, 0.15) is 12.1 Å². The number of likely N-dealkylation sites (N-methyl/N-ethyl adjacent to an activating group) is 1. The van der Waals surface area contributed by atoms with Gasteiger partial charge < -0.3 is 14.4 Å². The SMILES string of the molecule is CN(C(=O)Cn1nnc(-c2ccco2)n1)C(C)(C)C(=O)O. The first-order valence-corrected chi connectivity index (χ1v) is 6.14. The van der Waals surface area contributed by atoms with Gasteiger partial charge in [-0.3, -0.25) is 4.79 Å². The summed E-state index contributed by atoms with van der Waals surface area (Å²) < 4.78 is 5.12. The number of carbonyl (C=O) groups excluding carboxylic acids is 1. The Morgan fingerprint density at radius 3 is 2.76 bits per heavy atom. The van der Waals surface area contributed by atoms with Gasteiger partial charge in [0.25, 0.3) is 0 Å². The molecule has 2 aromatic rings. The van der Waals surface area contributed by atoms with E-state index in [-0.39, 0.29) is 12.4 Å². The van der Waals surface area contributed by atoms with E-state index in [2.05, 4.69) is 15.4 Å². The van der Waals surface area contributed by atoms with Crippen molar-refractivity contribution in [1.82, 2.24) is 25.1 Å². The van der Waals surface area contributed by atoms with E-state index >= 15 is 0 Å². The Hall–Kier alpha value is -2.71. The maximum atomic E-state index is 12.1. The van der Waals surface area contributed by atoms with Crippen molar-refractivity contribution in [3.05, 3.63) is 18.4 Å². The van der Waals surface area contributed by atoms with Crippen LogP contribution < -0.4 is 0 Å². The second-order valence-electron chi connectivity index (χ2n) is 4.94. The summed E-state index contributed by atoms with van der Waals surface area (Å²) in [6, 6.07) is 3.35. The topological polar surface area (TPSA) is 114 Å². The molecule has 112 valence electrons. The highest BCUT2D eigenvalue weighted by atomic mass is 16.4. The van der Waals surface area contributed by atoms with Gasteiger partial charge in [0.15, 0.2) is 5.76 Å². The van der Waals surface area contributed by atoms with E-state index in [1.54, 1.807) is 12.1 Å². The summed E-state index contributed by atoms with van der Waals surface area (Å²) in [5, 5.41) is 20.6. The largest absolute Gasteiger partial charge is 0.480 e. The first kappa shape index (κ1) is 14.7. The average Bonchev–Trinajstić information content (AvgIpc) is 3.07. The van der Waals surface area contributed by atoms with Crippen molar-refractivity contribution in [1.29, 1.82) is 0 Å². The highest BCUT2D eigenvalue weighted by Crippen LogP contribution is 2.14. The van der Waals surface area contributed by atoms with Crippen LogP contribution in [0.3, 0.4) is 0 Å². The fourth-order valence-electron chi connectivity index (χ4n) is 1.50. The zero-order valence-electron chi connectivity index (χ0n) is 11.8. The van der Waals surface area contributed by atoms with Gasteiger partial charge in [-0.1, -0.05) is 0 Å². The molecule has 0 spiro atoms. The van der Waals surface area contributed by atoms with Gasteiger partial charge in [0.05, 0.1) is 6.26 Å². The molecule has 9 heteroatoms. The Labute approximate surface area is 120 Å². The molecule has 9 nitrogen and oxygen atoms in total. The number of carbonyl (C=O) groups is 2. The van der Waals surface area contributed by atoms with Crippen LogP contribution in [0.1, 0.15) is 13.8 Å². The van der Waals surface area contributed by atoms with Crippen LogP contribution in [0.25, 0.3) is 11.6 Å². The lowest BCUT2D eigenvalue weighted by molar-refractivity contribution is -0.155. The Morgan fingerprint density at radius 1 is 1.48 bits per heavy atom. The van der Waals surface area contributed by atoms with Crippen LogP contribution in [0, 0.1) is 0 Å². The number of furan rings is 1. The third-order valence-electron chi connectivity index (χ3n) is 3.21. The predicted molar refractivity (Wildman–Crippen MR) is 70.0 cm³/mol. The molecule has 0 atom stereocenters. The number of amides is 1. The Balaban J connectivity index is 2.08. The summed E-state index contributed by atoms with van der Waals surface area (Å²) >= 11 is 0. The van der Waals surface area contributed by atoms with Crippen LogP contribution in [-0.4, -0.2) is 54.7 Å². The van der Waals surface area contributed by atoms with Crippen LogP contribution in [0.2, 0.25) is 0 Å². The quantitative estimate of drug-likeness (QED) is 0.840. The van der Waals surface area contributed by atoms with Gasteiger partial charge in [-0.05, 0) is 31.2 Å². The lowest BCUT2D eigenvalue weighted by Crippen LogP contribution is -2.51. The van der Waals surface area contributed by atoms with Gasteiger partial charge in [0.2, 0.25) is 11.7 Å². The van der Waals surface area contributed by atoms with Crippen LogP contribution >= 0.6 is 0 Å². The van der Waals surface area contributed by atoms with Gasteiger partial charge in [-0.25, -0.2) is 4.79 Å². The Kier molecular flexibility index (Phi) is 3.74. The molecule has 0 fully saturated rings. The van der Waals surface area contributed by atoms with Crippen molar-refractivity contribution >= 4 is 11.9 Å². The number of aromatic nitrogens is 4. The maximum Gasteiger partial charge on any atom is 0.329 e. The number of rotatable bonds is 5. The van der Waals surface area contributed by atoms with Crippen molar-refractivity contribution in [3.63, 3.8) is 0 Å². The number of nitrogens with zero attached hydrogens (tertiary/aromatic N) is 5. The molecule has 0 aliphatic carbocycles. The monoisotopic (exact) mass is 293 g/mol. The van der Waals surface area contributed by atoms with Crippen molar-refractivity contribution in [3.8, 4) is 11.6 Å². The van der Waals surface area contributed by atoms with Crippen molar-refractivity contribution < 1.29 is 19.1 Å². The fourth-order valence-corrected chi connectivity index (χ4v) is 1.50. The average molecular weight is 293 g/mol. The minimum atomic E-state index is -1.32. The van der Waals surface area contributed by atoms with Crippen molar-refractivity contribution in [2.45, 2.75) is 25.9 Å². The molecule has 2 heterocycles. The molecule has 1 amide bonds. The number of hydrogen-bond acceptors (Lipinski definition) is 6. The number of carboxylic acids is 1. The molecule has 2 rings (SSSR count). The molecular weight excluding hydrogens is 278 g/mol. The highest BCUT2D eigenvalue weighted by Gasteiger charge is 2.35. The third kappa shape index (κ3) is 2.91. The highest BCUT2D eigenvalue weighted by molar-refractivity contribution is 5.86. The normalized spacial score (nSPS) is 11.4. The van der Waals surface area contributed by atoms with Gasteiger partial charge in [-0.2, -0.15) is 4.80 Å². The van der Waals surface area contributed by atoms with Crippen LogP contribution in [-0.2, 0) is 16.1 Å². The summed E-state index contributed by atoms with van der Waals surface area (Å²) in [5.41, 5.74) is -1.32. The maximum absolute atomic E-state index is 12.1. The number of carboxylic acid groups (broad SMARTS) is 1. The Bertz CT molecular complexity index is 646. The van der Waals surface area contributed by atoms with Crippen molar-refractivity contribution in [2.75, 3.05) is 7.05 Å². The van der Waals surface area contributed by atoms with Crippen LogP contribution in [0.15, 0.2) is 22.8 Å². The van der Waals surface area contributed by atoms with E-state index in [9.17, 15) is 9.59 Å². The minimum absolute atomic E-state index is 0.207. The summed E-state index contributed by atoms with van der Waals surface area (Å²) in [5.74, 6) is -0.840. The molecule has 0 aliphatic rings. The lowest BCUT2D eigenvalue weighted by atomic mass is 10.0.